The number of carbonyl (C=O) groups is 1. The van der Waals surface area contributed by atoms with Crippen molar-refractivity contribution in [2.75, 3.05) is 0 Å². The van der Waals surface area contributed by atoms with Gasteiger partial charge in [-0.05, 0) is 12.8 Å². The lowest BCUT2D eigenvalue weighted by Gasteiger charge is -2.16. The molecule has 0 aliphatic carbocycles. The van der Waals surface area contributed by atoms with Crippen molar-refractivity contribution in [3.05, 3.63) is 10.6 Å². The summed E-state index contributed by atoms with van der Waals surface area (Å²) in [6.07, 6.45) is 0. The summed E-state index contributed by atoms with van der Waals surface area (Å²) in [4.78, 5) is 11.1. The van der Waals surface area contributed by atoms with Gasteiger partial charge in [-0.3, -0.25) is 4.79 Å². The van der Waals surface area contributed by atoms with Crippen LogP contribution in [0.2, 0.25) is 0 Å². The van der Waals surface area contributed by atoms with Crippen LogP contribution in [0, 0.1) is 5.92 Å². The first-order valence-corrected chi connectivity index (χ1v) is 4.57. The van der Waals surface area contributed by atoms with Gasteiger partial charge in [0.25, 0.3) is 5.91 Å². The Balaban J connectivity index is 4.02. The smallest absolute Gasteiger partial charge is 0.263 e. The highest BCUT2D eigenvalue weighted by Gasteiger charge is 2.12. The lowest BCUT2D eigenvalue weighted by atomic mass is 10.1. The monoisotopic (exact) mass is 209 g/mol. The van der Waals surface area contributed by atoms with Crippen molar-refractivity contribution in [2.24, 2.45) is 5.92 Å². The molecule has 0 saturated heterocycles. The summed E-state index contributed by atoms with van der Waals surface area (Å²) in [6, 6.07) is 0.0999. The predicted molar refractivity (Wildman–Crippen MR) is 52.2 cm³/mol. The van der Waals surface area contributed by atoms with Gasteiger partial charge in [0.1, 0.15) is 5.03 Å². The second-order valence-electron chi connectivity index (χ2n) is 2.96. The molecule has 2 nitrogen and oxygen atoms in total. The first-order chi connectivity index (χ1) is 5.49. The van der Waals surface area contributed by atoms with Gasteiger partial charge >= 0.3 is 0 Å². The SMILES string of the molecule is CC(C)C(C)NC(=O)/C(Cl)=C/Cl. The number of hydrogen-bond donors (Lipinski definition) is 1. The van der Waals surface area contributed by atoms with E-state index in [2.05, 4.69) is 5.32 Å². The average Bonchev–Trinajstić information content (AvgIpc) is 2.02. The van der Waals surface area contributed by atoms with Crippen molar-refractivity contribution >= 4 is 29.1 Å². The molecular weight excluding hydrogens is 197 g/mol. The van der Waals surface area contributed by atoms with Crippen molar-refractivity contribution in [2.45, 2.75) is 26.8 Å². The Morgan fingerprint density at radius 3 is 2.25 bits per heavy atom. The van der Waals surface area contributed by atoms with Gasteiger partial charge in [-0.15, -0.1) is 0 Å². The number of rotatable bonds is 3. The zero-order valence-electron chi connectivity index (χ0n) is 7.40. The van der Waals surface area contributed by atoms with Crippen LogP contribution in [-0.4, -0.2) is 11.9 Å². The largest absolute Gasteiger partial charge is 0.349 e. The fourth-order valence-electron chi connectivity index (χ4n) is 0.492. The Labute approximate surface area is 82.9 Å². The minimum absolute atomic E-state index is 0.0177. The number of nitrogens with one attached hydrogen (secondary N) is 1. The molecule has 0 aromatic carbocycles. The van der Waals surface area contributed by atoms with Gasteiger partial charge in [0.15, 0.2) is 0 Å². The zero-order chi connectivity index (χ0) is 9.72. The molecule has 1 amide bonds. The third-order valence-corrected chi connectivity index (χ3v) is 2.28. The molecule has 0 aromatic heterocycles. The van der Waals surface area contributed by atoms with Crippen molar-refractivity contribution in [3.8, 4) is 0 Å². The topological polar surface area (TPSA) is 29.1 Å². The van der Waals surface area contributed by atoms with Crippen LogP contribution in [0.1, 0.15) is 20.8 Å². The zero-order valence-corrected chi connectivity index (χ0v) is 8.91. The Bertz CT molecular complexity index is 189. The van der Waals surface area contributed by atoms with Gasteiger partial charge in [0, 0.05) is 11.6 Å². The fraction of sp³-hybridized carbons (Fsp3) is 0.625. The van der Waals surface area contributed by atoms with E-state index in [4.69, 9.17) is 23.2 Å². The van der Waals surface area contributed by atoms with Crippen molar-refractivity contribution in [1.82, 2.24) is 5.32 Å². The molecule has 12 heavy (non-hydrogen) atoms. The lowest BCUT2D eigenvalue weighted by molar-refractivity contribution is -0.117. The van der Waals surface area contributed by atoms with Crippen molar-refractivity contribution < 1.29 is 4.79 Å². The van der Waals surface area contributed by atoms with Gasteiger partial charge in [-0.2, -0.15) is 0 Å². The van der Waals surface area contributed by atoms with Crippen LogP contribution in [0.25, 0.3) is 0 Å². The molecule has 0 bridgehead atoms. The van der Waals surface area contributed by atoms with Crippen molar-refractivity contribution in [3.63, 3.8) is 0 Å². The number of hydrogen-bond acceptors (Lipinski definition) is 1. The van der Waals surface area contributed by atoms with Crippen molar-refractivity contribution in [1.29, 1.82) is 0 Å². The highest BCUT2D eigenvalue weighted by Crippen LogP contribution is 2.06. The second kappa shape index (κ2) is 5.44. The van der Waals surface area contributed by atoms with Gasteiger partial charge in [-0.1, -0.05) is 37.0 Å². The first-order valence-electron chi connectivity index (χ1n) is 3.75. The summed E-state index contributed by atoms with van der Waals surface area (Å²) >= 11 is 10.7. The van der Waals surface area contributed by atoms with E-state index in [0.29, 0.717) is 5.92 Å². The third kappa shape index (κ3) is 3.98. The van der Waals surface area contributed by atoms with E-state index in [-0.39, 0.29) is 17.0 Å². The minimum atomic E-state index is -0.326. The highest BCUT2D eigenvalue weighted by molar-refractivity contribution is 6.46. The summed E-state index contributed by atoms with van der Waals surface area (Å²) in [5, 5.41) is 2.72. The number of halogens is 2. The molecule has 0 radical (unpaired) electrons. The van der Waals surface area contributed by atoms with E-state index in [9.17, 15) is 4.79 Å². The fourth-order valence-corrected chi connectivity index (χ4v) is 0.646. The Kier molecular flexibility index (Phi) is 5.34. The molecule has 0 fully saturated rings. The quantitative estimate of drug-likeness (QED) is 0.712. The first kappa shape index (κ1) is 11.8. The highest BCUT2D eigenvalue weighted by atomic mass is 35.5. The van der Waals surface area contributed by atoms with Crippen LogP contribution in [0.15, 0.2) is 10.6 Å². The molecule has 0 spiro atoms. The summed E-state index contributed by atoms with van der Waals surface area (Å²) in [5.41, 5.74) is 1.06. The van der Waals surface area contributed by atoms with Crippen LogP contribution < -0.4 is 5.32 Å². The minimum Gasteiger partial charge on any atom is -0.349 e. The molecule has 1 unspecified atom stereocenters. The molecule has 4 heteroatoms. The van der Waals surface area contributed by atoms with E-state index < -0.39 is 0 Å². The summed E-state index contributed by atoms with van der Waals surface area (Å²) in [6.45, 7) is 5.95. The van der Waals surface area contributed by atoms with E-state index in [1.807, 2.05) is 20.8 Å². The summed E-state index contributed by atoms with van der Waals surface area (Å²) in [7, 11) is 0. The molecule has 0 saturated carbocycles. The number of amides is 1. The molecule has 70 valence electrons. The van der Waals surface area contributed by atoms with Crippen LogP contribution in [-0.2, 0) is 4.79 Å². The average molecular weight is 210 g/mol. The van der Waals surface area contributed by atoms with Gasteiger partial charge in [0.2, 0.25) is 0 Å². The predicted octanol–water partition coefficient (Wildman–Crippen LogP) is 2.47. The number of carbonyl (C=O) groups excluding carboxylic acids is 1. The van der Waals surface area contributed by atoms with Gasteiger partial charge < -0.3 is 5.32 Å². The van der Waals surface area contributed by atoms with Crippen LogP contribution in [0.4, 0.5) is 0 Å². The molecular formula is C8H13Cl2NO. The normalized spacial score (nSPS) is 14.7. The maximum Gasteiger partial charge on any atom is 0.263 e. The maximum atomic E-state index is 11.1. The van der Waals surface area contributed by atoms with E-state index in [1.165, 1.54) is 0 Å². The maximum absolute atomic E-state index is 11.1. The molecule has 0 heterocycles. The molecule has 1 N–H and O–H groups in total. The summed E-state index contributed by atoms with van der Waals surface area (Å²) < 4.78 is 0. The Morgan fingerprint density at radius 2 is 1.92 bits per heavy atom. The molecule has 0 aliphatic heterocycles. The van der Waals surface area contributed by atoms with Crippen LogP contribution in [0.3, 0.4) is 0 Å². The lowest BCUT2D eigenvalue weighted by Crippen LogP contribution is -2.36. The van der Waals surface area contributed by atoms with Crippen LogP contribution in [0.5, 0.6) is 0 Å². The molecule has 0 rings (SSSR count). The molecule has 0 aliphatic rings. The molecule has 1 atom stereocenters. The van der Waals surface area contributed by atoms with Gasteiger partial charge in [0.05, 0.1) is 0 Å². The van der Waals surface area contributed by atoms with E-state index in [1.54, 1.807) is 0 Å². The second-order valence-corrected chi connectivity index (χ2v) is 3.59. The standard InChI is InChI=1S/C8H13Cl2NO/c1-5(2)6(3)11-8(12)7(10)4-9/h4-6H,1-3H3,(H,11,12)/b7-4-. The third-order valence-electron chi connectivity index (χ3n) is 1.67. The Hall–Kier alpha value is -0.210. The summed E-state index contributed by atoms with van der Waals surface area (Å²) in [5.74, 6) is 0.0570. The molecule has 0 aromatic rings. The Morgan fingerprint density at radius 1 is 1.42 bits per heavy atom. The van der Waals surface area contributed by atoms with E-state index >= 15 is 0 Å². The van der Waals surface area contributed by atoms with E-state index in [0.717, 1.165) is 5.54 Å². The van der Waals surface area contributed by atoms with Gasteiger partial charge in [-0.25, -0.2) is 0 Å². The van der Waals surface area contributed by atoms with Crippen LogP contribution >= 0.6 is 23.2 Å².